The zero-order chi connectivity index (χ0) is 23.0. The van der Waals surface area contributed by atoms with Crippen molar-refractivity contribution in [3.8, 4) is 23.0 Å². The number of hydrogen-bond donors (Lipinski definition) is 1. The number of ether oxygens (including phenoxy) is 4. The number of rotatable bonds is 7. The molecular weight excluding hydrogens is 424 g/mol. The number of nitrogens with zero attached hydrogens (tertiary/aromatic N) is 1. The summed E-state index contributed by atoms with van der Waals surface area (Å²) in [6.45, 7) is 3.14. The Bertz CT molecular complexity index is 1180. The second-order valence-corrected chi connectivity index (χ2v) is 6.95. The maximum absolute atomic E-state index is 12.4. The summed E-state index contributed by atoms with van der Waals surface area (Å²) in [5.41, 5.74) is 3.97. The van der Waals surface area contributed by atoms with Crippen LogP contribution in [-0.4, -0.2) is 37.9 Å². The van der Waals surface area contributed by atoms with Crippen LogP contribution < -0.4 is 24.4 Å². The number of fused-ring (bicyclic) bond motifs is 1. The maximum Gasteiger partial charge on any atom is 0.343 e. The van der Waals surface area contributed by atoms with Gasteiger partial charge >= 0.3 is 5.97 Å². The zero-order valence-electron chi connectivity index (χ0n) is 17.9. The second kappa shape index (κ2) is 10.3. The summed E-state index contributed by atoms with van der Waals surface area (Å²) in [7, 11) is 0. The summed E-state index contributed by atoms with van der Waals surface area (Å²) >= 11 is 0. The van der Waals surface area contributed by atoms with Gasteiger partial charge in [0.05, 0.1) is 18.4 Å². The molecule has 1 N–H and O–H groups in total. The molecule has 8 heteroatoms. The van der Waals surface area contributed by atoms with Crippen molar-refractivity contribution in [1.29, 1.82) is 0 Å². The molecule has 168 valence electrons. The molecule has 0 fully saturated rings. The molecule has 4 rings (SSSR count). The van der Waals surface area contributed by atoms with Gasteiger partial charge in [-0.2, -0.15) is 5.10 Å². The van der Waals surface area contributed by atoms with Crippen molar-refractivity contribution in [3.05, 3.63) is 83.4 Å². The smallest absolute Gasteiger partial charge is 0.343 e. The third-order valence-electron chi connectivity index (χ3n) is 4.66. The van der Waals surface area contributed by atoms with Gasteiger partial charge in [-0.1, -0.05) is 18.2 Å². The summed E-state index contributed by atoms with van der Waals surface area (Å²) in [6.07, 6.45) is 1.47. The highest BCUT2D eigenvalue weighted by molar-refractivity contribution is 5.95. The molecule has 0 saturated carbocycles. The highest BCUT2D eigenvalue weighted by Gasteiger charge is 2.15. The highest BCUT2D eigenvalue weighted by Crippen LogP contribution is 2.31. The Balaban J connectivity index is 1.42. The summed E-state index contributed by atoms with van der Waals surface area (Å²) in [4.78, 5) is 24.8. The van der Waals surface area contributed by atoms with Gasteiger partial charge in [0.1, 0.15) is 13.2 Å². The largest absolute Gasteiger partial charge is 0.490 e. The zero-order valence-corrected chi connectivity index (χ0v) is 17.9. The van der Waals surface area contributed by atoms with Crippen molar-refractivity contribution in [2.24, 2.45) is 5.10 Å². The molecule has 1 amide bonds. The molecule has 3 aromatic carbocycles. The van der Waals surface area contributed by atoms with E-state index in [4.69, 9.17) is 18.9 Å². The Morgan fingerprint density at radius 1 is 0.939 bits per heavy atom. The number of carbonyl (C=O) groups is 2. The fourth-order valence-electron chi connectivity index (χ4n) is 3.11. The minimum atomic E-state index is -0.482. The van der Waals surface area contributed by atoms with E-state index in [9.17, 15) is 9.59 Å². The van der Waals surface area contributed by atoms with E-state index >= 15 is 0 Å². The van der Waals surface area contributed by atoms with Crippen LogP contribution >= 0.6 is 0 Å². The molecule has 0 atom stereocenters. The van der Waals surface area contributed by atoms with E-state index < -0.39 is 5.97 Å². The van der Waals surface area contributed by atoms with Gasteiger partial charge in [-0.05, 0) is 61.0 Å². The van der Waals surface area contributed by atoms with Crippen LogP contribution in [0, 0.1) is 0 Å². The third kappa shape index (κ3) is 5.48. The van der Waals surface area contributed by atoms with Crippen LogP contribution in [0.4, 0.5) is 0 Å². The first-order valence-corrected chi connectivity index (χ1v) is 10.4. The normalized spacial score (nSPS) is 12.3. The van der Waals surface area contributed by atoms with E-state index in [-0.39, 0.29) is 5.91 Å². The third-order valence-corrected chi connectivity index (χ3v) is 4.66. The van der Waals surface area contributed by atoms with Crippen LogP contribution in [-0.2, 0) is 0 Å². The average Bonchev–Trinajstić information content (AvgIpc) is 2.85. The van der Waals surface area contributed by atoms with E-state index in [2.05, 4.69) is 10.5 Å². The van der Waals surface area contributed by atoms with Crippen LogP contribution in [0.2, 0.25) is 0 Å². The Kier molecular flexibility index (Phi) is 6.84. The number of hydrogen-bond acceptors (Lipinski definition) is 7. The van der Waals surface area contributed by atoms with E-state index in [1.54, 1.807) is 60.7 Å². The molecule has 1 aliphatic heterocycles. The molecule has 0 aromatic heterocycles. The number of hydrazone groups is 1. The number of carbonyl (C=O) groups excluding carboxylic acids is 2. The molecule has 0 saturated heterocycles. The first kappa shape index (κ1) is 21.9. The molecule has 0 unspecified atom stereocenters. The van der Waals surface area contributed by atoms with E-state index in [1.165, 1.54) is 6.21 Å². The van der Waals surface area contributed by atoms with Crippen molar-refractivity contribution >= 4 is 18.1 Å². The van der Waals surface area contributed by atoms with Crippen molar-refractivity contribution in [2.75, 3.05) is 19.8 Å². The molecule has 0 aliphatic carbocycles. The van der Waals surface area contributed by atoms with Gasteiger partial charge in [-0.25, -0.2) is 10.2 Å². The Morgan fingerprint density at radius 2 is 1.73 bits per heavy atom. The van der Waals surface area contributed by atoms with Gasteiger partial charge in [0, 0.05) is 5.56 Å². The number of nitrogens with one attached hydrogen (secondary N) is 1. The minimum Gasteiger partial charge on any atom is -0.490 e. The molecule has 0 radical (unpaired) electrons. The fraction of sp³-hybridized carbons (Fsp3) is 0.160. The van der Waals surface area contributed by atoms with Crippen molar-refractivity contribution in [3.63, 3.8) is 0 Å². The molecule has 3 aromatic rings. The molecule has 33 heavy (non-hydrogen) atoms. The van der Waals surface area contributed by atoms with Crippen LogP contribution in [0.15, 0.2) is 71.8 Å². The summed E-state index contributed by atoms with van der Waals surface area (Å²) in [6, 6.07) is 18.6. The lowest BCUT2D eigenvalue weighted by Crippen LogP contribution is -2.19. The monoisotopic (exact) mass is 446 g/mol. The summed E-state index contributed by atoms with van der Waals surface area (Å²) in [5.74, 6) is 0.955. The van der Waals surface area contributed by atoms with Crippen molar-refractivity contribution in [1.82, 2.24) is 5.43 Å². The Labute approximate surface area is 190 Å². The van der Waals surface area contributed by atoms with Crippen LogP contribution in [0.25, 0.3) is 0 Å². The molecule has 1 heterocycles. The second-order valence-electron chi connectivity index (χ2n) is 6.95. The standard InChI is InChI=1S/C25H22N2O6/c1-2-30-22-14-17(8-10-21(22)33-25(29)18-6-4-3-5-7-18)16-26-27-24(28)19-9-11-20-23(15-19)32-13-12-31-20/h3-11,14-16H,2,12-13H2,1H3,(H,27,28)/b26-16-. The van der Waals surface area contributed by atoms with Crippen LogP contribution in [0.1, 0.15) is 33.2 Å². The van der Waals surface area contributed by atoms with Crippen LogP contribution in [0.3, 0.4) is 0 Å². The lowest BCUT2D eigenvalue weighted by Gasteiger charge is -2.18. The van der Waals surface area contributed by atoms with Gasteiger partial charge in [-0.3, -0.25) is 4.79 Å². The molecule has 0 bridgehead atoms. The Morgan fingerprint density at radius 3 is 2.52 bits per heavy atom. The molecule has 1 aliphatic rings. The first-order chi connectivity index (χ1) is 16.1. The van der Waals surface area contributed by atoms with Gasteiger partial charge in [0.2, 0.25) is 0 Å². The predicted octanol–water partition coefficient (Wildman–Crippen LogP) is 3.84. The van der Waals surface area contributed by atoms with E-state index in [1.807, 2.05) is 13.0 Å². The lowest BCUT2D eigenvalue weighted by atomic mass is 10.2. The van der Waals surface area contributed by atoms with E-state index in [0.29, 0.717) is 59.5 Å². The van der Waals surface area contributed by atoms with Crippen molar-refractivity contribution in [2.45, 2.75) is 6.92 Å². The molecule has 0 spiro atoms. The summed E-state index contributed by atoms with van der Waals surface area (Å²) < 4.78 is 22.1. The molecule has 8 nitrogen and oxygen atoms in total. The first-order valence-electron chi connectivity index (χ1n) is 10.4. The predicted molar refractivity (Wildman–Crippen MR) is 122 cm³/mol. The Hall–Kier alpha value is -4.33. The maximum atomic E-state index is 12.4. The van der Waals surface area contributed by atoms with Crippen LogP contribution in [0.5, 0.6) is 23.0 Å². The number of esters is 1. The van der Waals surface area contributed by atoms with Gasteiger partial charge < -0.3 is 18.9 Å². The van der Waals surface area contributed by atoms with Gasteiger partial charge in [0.25, 0.3) is 5.91 Å². The topological polar surface area (TPSA) is 95.5 Å². The van der Waals surface area contributed by atoms with Gasteiger partial charge in [0.15, 0.2) is 23.0 Å². The number of amides is 1. The van der Waals surface area contributed by atoms with E-state index in [0.717, 1.165) is 0 Å². The quantitative estimate of drug-likeness (QED) is 0.256. The minimum absolute atomic E-state index is 0.295. The SMILES string of the molecule is CCOc1cc(/C=N\NC(=O)c2ccc3c(c2)OCCO3)ccc1OC(=O)c1ccccc1. The fourth-order valence-corrected chi connectivity index (χ4v) is 3.11. The highest BCUT2D eigenvalue weighted by atomic mass is 16.6. The van der Waals surface area contributed by atoms with Crippen molar-refractivity contribution < 1.29 is 28.5 Å². The number of benzene rings is 3. The molecular formula is C25H22N2O6. The summed E-state index contributed by atoms with van der Waals surface area (Å²) in [5, 5.41) is 4.01. The lowest BCUT2D eigenvalue weighted by molar-refractivity contribution is 0.0728. The van der Waals surface area contributed by atoms with Gasteiger partial charge in [-0.15, -0.1) is 0 Å². The average molecular weight is 446 g/mol.